The Bertz CT molecular complexity index is 522. The minimum Gasteiger partial charge on any atom is -0.321 e. The van der Waals surface area contributed by atoms with Crippen molar-refractivity contribution in [2.24, 2.45) is 16.8 Å². The van der Waals surface area contributed by atoms with Gasteiger partial charge in [-0.25, -0.2) is 9.18 Å². The summed E-state index contributed by atoms with van der Waals surface area (Å²) in [5, 5.41) is 6.21. The molecule has 8 nitrogen and oxygen atoms in total. The highest BCUT2D eigenvalue weighted by atomic mass is 19.2. The van der Waals surface area contributed by atoms with Gasteiger partial charge in [0, 0.05) is 23.5 Å². The van der Waals surface area contributed by atoms with Crippen LogP contribution < -0.4 is 11.1 Å². The largest absolute Gasteiger partial charge is 0.325 e. The van der Waals surface area contributed by atoms with Crippen LogP contribution in [0.25, 0.3) is 10.4 Å². The molecule has 0 radical (unpaired) electrons. The Morgan fingerprint density at radius 1 is 1.71 bits per heavy atom. The maximum absolute atomic E-state index is 14.8. The number of alkyl halides is 1. The van der Waals surface area contributed by atoms with Crippen LogP contribution in [-0.4, -0.2) is 34.7 Å². The van der Waals surface area contributed by atoms with Gasteiger partial charge in [-0.1, -0.05) is 19.0 Å². The zero-order valence-corrected chi connectivity index (χ0v) is 12.2. The van der Waals surface area contributed by atoms with Crippen LogP contribution in [0.4, 0.5) is 9.18 Å². The fourth-order valence-electron chi connectivity index (χ4n) is 2.72. The average molecular weight is 298 g/mol. The molecular weight excluding hydrogens is 279 g/mol. The van der Waals surface area contributed by atoms with E-state index in [2.05, 4.69) is 15.3 Å². The molecule has 1 saturated heterocycles. The molecule has 5 atom stereocenters. The number of rotatable bonds is 3. The van der Waals surface area contributed by atoms with Crippen LogP contribution in [0.3, 0.4) is 0 Å². The molecule has 0 aliphatic carbocycles. The van der Waals surface area contributed by atoms with E-state index in [0.29, 0.717) is 0 Å². The van der Waals surface area contributed by atoms with Crippen molar-refractivity contribution in [3.8, 4) is 0 Å². The number of hydrogen-bond donors (Lipinski definition) is 2. The lowest BCUT2D eigenvalue weighted by Crippen LogP contribution is -2.57. The Labute approximate surface area is 121 Å². The van der Waals surface area contributed by atoms with Crippen molar-refractivity contribution < 1.29 is 13.9 Å². The van der Waals surface area contributed by atoms with Crippen LogP contribution >= 0.6 is 0 Å². The first kappa shape index (κ1) is 15.6. The summed E-state index contributed by atoms with van der Waals surface area (Å²) in [6, 6.07) is -0.526. The predicted molar refractivity (Wildman–Crippen MR) is 73.2 cm³/mol. The number of nitrogens with two attached hydrogens (primary N) is 1. The number of amides is 2. The van der Waals surface area contributed by atoms with E-state index < -0.39 is 35.7 Å². The molecule has 2 aliphatic rings. The monoisotopic (exact) mass is 298 g/mol. The standard InChI is InChI=1S/C12H19FN6O2/c1-4-12(13)7(2)11(3,17-18-15)9(21-12)19-6-5-8(14)16-10(19)20/h5-9H,4,14H2,1-3H3,(H,16,20)/t7-,8?,9+,11+,12+/m0/s1. The molecule has 0 aromatic rings. The van der Waals surface area contributed by atoms with Crippen molar-refractivity contribution in [3.63, 3.8) is 0 Å². The van der Waals surface area contributed by atoms with Crippen molar-refractivity contribution in [2.45, 2.75) is 51.0 Å². The van der Waals surface area contributed by atoms with Gasteiger partial charge in [-0.15, -0.1) is 0 Å². The number of ether oxygens (including phenoxy) is 1. The lowest BCUT2D eigenvalue weighted by atomic mass is 9.83. The van der Waals surface area contributed by atoms with Gasteiger partial charge < -0.3 is 15.8 Å². The molecule has 2 aliphatic heterocycles. The molecule has 2 heterocycles. The summed E-state index contributed by atoms with van der Waals surface area (Å²) in [4.78, 5) is 16.0. The van der Waals surface area contributed by atoms with Gasteiger partial charge in [0.15, 0.2) is 6.23 Å². The fraction of sp³-hybridized carbons (Fsp3) is 0.750. The Hall–Kier alpha value is -1.83. The highest BCUT2D eigenvalue weighted by Gasteiger charge is 2.61. The molecule has 2 rings (SSSR count). The van der Waals surface area contributed by atoms with E-state index in [0.717, 1.165) is 0 Å². The third kappa shape index (κ3) is 2.33. The highest BCUT2D eigenvalue weighted by molar-refractivity contribution is 5.77. The van der Waals surface area contributed by atoms with Crippen LogP contribution in [0.1, 0.15) is 27.2 Å². The maximum atomic E-state index is 14.8. The van der Waals surface area contributed by atoms with Crippen molar-refractivity contribution in [2.75, 3.05) is 0 Å². The first-order chi connectivity index (χ1) is 9.78. The Balaban J connectivity index is 2.43. The van der Waals surface area contributed by atoms with Crippen LogP contribution in [-0.2, 0) is 4.74 Å². The number of hydrogen-bond acceptors (Lipinski definition) is 4. The van der Waals surface area contributed by atoms with Crippen molar-refractivity contribution in [1.29, 1.82) is 0 Å². The second-order valence-electron chi connectivity index (χ2n) is 5.47. The Kier molecular flexibility index (Phi) is 3.83. The molecule has 0 saturated carbocycles. The minimum absolute atomic E-state index is 0.0832. The lowest BCUT2D eigenvalue weighted by molar-refractivity contribution is -0.174. The summed E-state index contributed by atoms with van der Waals surface area (Å²) < 4.78 is 20.3. The molecular formula is C12H19FN6O2. The zero-order valence-electron chi connectivity index (χ0n) is 12.2. The molecule has 3 N–H and O–H groups in total. The van der Waals surface area contributed by atoms with E-state index in [1.807, 2.05) is 0 Å². The number of nitrogens with one attached hydrogen (secondary N) is 1. The molecule has 0 spiro atoms. The summed E-state index contributed by atoms with van der Waals surface area (Å²) in [7, 11) is 0. The number of carbonyl (C=O) groups is 1. The summed E-state index contributed by atoms with van der Waals surface area (Å²) in [6.45, 7) is 4.82. The molecule has 0 aromatic carbocycles. The van der Waals surface area contributed by atoms with Crippen LogP contribution in [0.15, 0.2) is 17.4 Å². The highest BCUT2D eigenvalue weighted by Crippen LogP contribution is 2.49. The molecule has 1 unspecified atom stereocenters. The van der Waals surface area contributed by atoms with Gasteiger partial charge in [0.05, 0.1) is 11.7 Å². The normalized spacial score (nSPS) is 42.6. The SMILES string of the molecule is CC[C@@]1(F)O[C@@H](N2C=CC(N)NC2=O)[C@](C)(N=[N+]=[N-])[C@@H]1C. The van der Waals surface area contributed by atoms with E-state index in [-0.39, 0.29) is 6.42 Å². The molecule has 21 heavy (non-hydrogen) atoms. The first-order valence-corrected chi connectivity index (χ1v) is 6.74. The van der Waals surface area contributed by atoms with Gasteiger partial charge in [0.1, 0.15) is 0 Å². The molecule has 1 fully saturated rings. The number of halogens is 1. The molecule has 2 amide bonds. The van der Waals surface area contributed by atoms with E-state index in [4.69, 9.17) is 16.0 Å². The first-order valence-electron chi connectivity index (χ1n) is 6.74. The second-order valence-corrected chi connectivity index (χ2v) is 5.47. The third-order valence-corrected chi connectivity index (χ3v) is 4.30. The number of carbonyl (C=O) groups excluding carboxylic acids is 1. The lowest BCUT2D eigenvalue weighted by Gasteiger charge is -2.36. The van der Waals surface area contributed by atoms with Crippen LogP contribution in [0.2, 0.25) is 0 Å². The summed E-state index contributed by atoms with van der Waals surface area (Å²) >= 11 is 0. The second kappa shape index (κ2) is 5.18. The number of azide groups is 1. The van der Waals surface area contributed by atoms with Gasteiger partial charge in [0.2, 0.25) is 5.85 Å². The quantitative estimate of drug-likeness (QED) is 0.471. The average Bonchev–Trinajstić information content (AvgIpc) is 2.62. The van der Waals surface area contributed by atoms with E-state index in [1.54, 1.807) is 20.8 Å². The predicted octanol–water partition coefficient (Wildman–Crippen LogP) is 1.95. The Morgan fingerprint density at radius 2 is 2.38 bits per heavy atom. The van der Waals surface area contributed by atoms with Gasteiger partial charge in [-0.05, 0) is 18.5 Å². The number of urea groups is 1. The Morgan fingerprint density at radius 3 is 2.90 bits per heavy atom. The summed E-state index contributed by atoms with van der Waals surface area (Å²) in [5.41, 5.74) is 13.1. The number of nitrogens with zero attached hydrogens (tertiary/aromatic N) is 4. The van der Waals surface area contributed by atoms with Crippen LogP contribution in [0, 0.1) is 5.92 Å². The van der Waals surface area contributed by atoms with Gasteiger partial charge >= 0.3 is 6.03 Å². The van der Waals surface area contributed by atoms with Crippen molar-refractivity contribution in [1.82, 2.24) is 10.2 Å². The molecule has 0 bridgehead atoms. The third-order valence-electron chi connectivity index (χ3n) is 4.30. The summed E-state index contributed by atoms with van der Waals surface area (Å²) in [6.07, 6.45) is 1.39. The van der Waals surface area contributed by atoms with Crippen molar-refractivity contribution >= 4 is 6.03 Å². The van der Waals surface area contributed by atoms with Gasteiger partial charge in [0.25, 0.3) is 0 Å². The smallest absolute Gasteiger partial charge is 0.321 e. The fourth-order valence-corrected chi connectivity index (χ4v) is 2.72. The van der Waals surface area contributed by atoms with E-state index in [1.165, 1.54) is 17.2 Å². The topological polar surface area (TPSA) is 116 Å². The molecule has 0 aromatic heterocycles. The molecule has 9 heteroatoms. The maximum Gasteiger partial charge on any atom is 0.325 e. The molecule has 116 valence electrons. The summed E-state index contributed by atoms with van der Waals surface area (Å²) in [5.74, 6) is -2.69. The van der Waals surface area contributed by atoms with Gasteiger partial charge in [-0.2, -0.15) is 0 Å². The van der Waals surface area contributed by atoms with Crippen molar-refractivity contribution in [3.05, 3.63) is 22.7 Å². The van der Waals surface area contributed by atoms with Crippen LogP contribution in [0.5, 0.6) is 0 Å². The van der Waals surface area contributed by atoms with E-state index >= 15 is 0 Å². The van der Waals surface area contributed by atoms with E-state index in [9.17, 15) is 9.18 Å². The zero-order chi connectivity index (χ0) is 15.8. The minimum atomic E-state index is -1.97. The van der Waals surface area contributed by atoms with Gasteiger partial charge in [-0.3, -0.25) is 4.90 Å².